The highest BCUT2D eigenvalue weighted by Gasteiger charge is 2.23. The summed E-state index contributed by atoms with van der Waals surface area (Å²) in [4.78, 5) is 0. The van der Waals surface area contributed by atoms with Gasteiger partial charge in [0.25, 0.3) is 0 Å². The van der Waals surface area contributed by atoms with Crippen molar-refractivity contribution in [1.82, 2.24) is 5.32 Å². The van der Waals surface area contributed by atoms with E-state index in [-0.39, 0.29) is 5.82 Å². The van der Waals surface area contributed by atoms with Crippen LogP contribution in [0.5, 0.6) is 0 Å². The Labute approximate surface area is 90.7 Å². The third-order valence-electron chi connectivity index (χ3n) is 3.42. The van der Waals surface area contributed by atoms with E-state index in [2.05, 4.69) is 12.2 Å². The third-order valence-corrected chi connectivity index (χ3v) is 3.42. The fraction of sp³-hybridized carbons (Fsp3) is 0.538. The lowest BCUT2D eigenvalue weighted by molar-refractivity contribution is 0.348. The van der Waals surface area contributed by atoms with Gasteiger partial charge in [-0.15, -0.1) is 0 Å². The summed E-state index contributed by atoms with van der Waals surface area (Å²) >= 11 is 0. The molecule has 1 aliphatic rings. The second kappa shape index (κ2) is 4.31. The number of halogens is 1. The highest BCUT2D eigenvalue weighted by molar-refractivity contribution is 5.30. The number of piperidine rings is 1. The molecule has 1 aromatic rings. The largest absolute Gasteiger partial charge is 0.316 e. The van der Waals surface area contributed by atoms with Gasteiger partial charge in [-0.25, -0.2) is 4.39 Å². The lowest BCUT2D eigenvalue weighted by atomic mass is 9.80. The minimum absolute atomic E-state index is 0.127. The van der Waals surface area contributed by atoms with E-state index in [1.165, 1.54) is 5.56 Å². The van der Waals surface area contributed by atoms with E-state index in [4.69, 9.17) is 0 Å². The van der Waals surface area contributed by atoms with Crippen LogP contribution in [0.2, 0.25) is 0 Å². The van der Waals surface area contributed by atoms with Crippen LogP contribution in [0.1, 0.15) is 30.4 Å². The van der Waals surface area contributed by atoms with E-state index in [9.17, 15) is 4.39 Å². The standard InChI is InChI=1S/C13H18FN/c1-9-7-11(14)3-4-12(9)13-5-6-15-8-10(13)2/h3-4,7,10,13,15H,5-6,8H2,1-2H3/t10-,13+/m1/s1. The molecule has 1 fully saturated rings. The molecule has 2 rings (SSSR count). The molecule has 82 valence electrons. The highest BCUT2D eigenvalue weighted by Crippen LogP contribution is 2.32. The number of nitrogens with one attached hydrogen (secondary N) is 1. The van der Waals surface area contributed by atoms with Crippen LogP contribution in [0, 0.1) is 18.7 Å². The van der Waals surface area contributed by atoms with Crippen LogP contribution in [-0.2, 0) is 0 Å². The quantitative estimate of drug-likeness (QED) is 0.746. The van der Waals surface area contributed by atoms with Crippen LogP contribution in [-0.4, -0.2) is 13.1 Å². The normalized spacial score (nSPS) is 26.6. The van der Waals surface area contributed by atoms with Crippen molar-refractivity contribution in [3.63, 3.8) is 0 Å². The molecule has 0 aromatic heterocycles. The number of benzene rings is 1. The lowest BCUT2D eigenvalue weighted by Crippen LogP contribution is -2.34. The van der Waals surface area contributed by atoms with Crippen molar-refractivity contribution in [2.75, 3.05) is 13.1 Å². The van der Waals surface area contributed by atoms with Crippen molar-refractivity contribution in [3.05, 3.63) is 35.1 Å². The Morgan fingerprint density at radius 2 is 2.20 bits per heavy atom. The minimum atomic E-state index is -0.127. The molecule has 15 heavy (non-hydrogen) atoms. The molecule has 0 bridgehead atoms. The van der Waals surface area contributed by atoms with Gasteiger partial charge in [-0.05, 0) is 61.5 Å². The van der Waals surface area contributed by atoms with Crippen molar-refractivity contribution in [2.24, 2.45) is 5.92 Å². The monoisotopic (exact) mass is 207 g/mol. The first-order chi connectivity index (χ1) is 7.18. The van der Waals surface area contributed by atoms with Gasteiger partial charge in [0.1, 0.15) is 5.82 Å². The second-order valence-corrected chi connectivity index (χ2v) is 4.58. The molecular formula is C13H18FN. The zero-order chi connectivity index (χ0) is 10.8. The average molecular weight is 207 g/mol. The molecule has 1 saturated heterocycles. The maximum absolute atomic E-state index is 13.0. The molecular weight excluding hydrogens is 189 g/mol. The molecule has 1 N–H and O–H groups in total. The molecule has 1 aromatic carbocycles. The third kappa shape index (κ3) is 2.20. The first-order valence-corrected chi connectivity index (χ1v) is 5.65. The number of hydrogen-bond acceptors (Lipinski definition) is 1. The Balaban J connectivity index is 2.27. The molecule has 1 aliphatic heterocycles. The summed E-state index contributed by atoms with van der Waals surface area (Å²) in [6, 6.07) is 5.18. The van der Waals surface area contributed by atoms with Crippen molar-refractivity contribution in [2.45, 2.75) is 26.2 Å². The molecule has 0 saturated carbocycles. The summed E-state index contributed by atoms with van der Waals surface area (Å²) in [5.74, 6) is 1.10. The predicted octanol–water partition coefficient (Wildman–Crippen LogP) is 2.85. The van der Waals surface area contributed by atoms with Gasteiger partial charge in [0, 0.05) is 0 Å². The van der Waals surface area contributed by atoms with E-state index in [1.54, 1.807) is 12.1 Å². The van der Waals surface area contributed by atoms with Crippen molar-refractivity contribution < 1.29 is 4.39 Å². The van der Waals surface area contributed by atoms with Gasteiger partial charge in [-0.3, -0.25) is 0 Å². The second-order valence-electron chi connectivity index (χ2n) is 4.58. The van der Waals surface area contributed by atoms with Gasteiger partial charge in [0.05, 0.1) is 0 Å². The molecule has 2 heteroatoms. The summed E-state index contributed by atoms with van der Waals surface area (Å²) in [5.41, 5.74) is 2.42. The first kappa shape index (κ1) is 10.6. The van der Waals surface area contributed by atoms with Crippen LogP contribution >= 0.6 is 0 Å². The fourth-order valence-electron chi connectivity index (χ4n) is 2.53. The SMILES string of the molecule is Cc1cc(F)ccc1[C@H]1CCNC[C@H]1C. The molecule has 0 spiro atoms. The summed E-state index contributed by atoms with van der Waals surface area (Å²) in [6.45, 7) is 6.42. The van der Waals surface area contributed by atoms with Crippen molar-refractivity contribution >= 4 is 0 Å². The molecule has 2 atom stereocenters. The zero-order valence-corrected chi connectivity index (χ0v) is 9.39. The van der Waals surface area contributed by atoms with Gasteiger partial charge in [-0.2, -0.15) is 0 Å². The van der Waals surface area contributed by atoms with Crippen LogP contribution in [0.15, 0.2) is 18.2 Å². The number of rotatable bonds is 1. The summed E-state index contributed by atoms with van der Waals surface area (Å²) in [7, 11) is 0. The summed E-state index contributed by atoms with van der Waals surface area (Å²) in [5, 5.41) is 3.39. The smallest absolute Gasteiger partial charge is 0.123 e. The lowest BCUT2D eigenvalue weighted by Gasteiger charge is -2.30. The van der Waals surface area contributed by atoms with Gasteiger partial charge in [-0.1, -0.05) is 13.0 Å². The van der Waals surface area contributed by atoms with E-state index < -0.39 is 0 Å². The number of aryl methyl sites for hydroxylation is 1. The average Bonchev–Trinajstić information content (AvgIpc) is 2.20. The van der Waals surface area contributed by atoms with Crippen LogP contribution in [0.25, 0.3) is 0 Å². The Kier molecular flexibility index (Phi) is 3.06. The van der Waals surface area contributed by atoms with Crippen molar-refractivity contribution in [3.8, 4) is 0 Å². The van der Waals surface area contributed by atoms with E-state index in [0.717, 1.165) is 25.1 Å². The minimum Gasteiger partial charge on any atom is -0.316 e. The Morgan fingerprint density at radius 3 is 2.87 bits per heavy atom. The molecule has 1 nitrogen and oxygen atoms in total. The number of hydrogen-bond donors (Lipinski definition) is 1. The molecule has 0 radical (unpaired) electrons. The Morgan fingerprint density at radius 1 is 1.40 bits per heavy atom. The van der Waals surface area contributed by atoms with Crippen LogP contribution < -0.4 is 5.32 Å². The first-order valence-electron chi connectivity index (χ1n) is 5.65. The Hall–Kier alpha value is -0.890. The van der Waals surface area contributed by atoms with Crippen molar-refractivity contribution in [1.29, 1.82) is 0 Å². The zero-order valence-electron chi connectivity index (χ0n) is 9.39. The molecule has 0 unspecified atom stereocenters. The predicted molar refractivity (Wildman–Crippen MR) is 60.5 cm³/mol. The van der Waals surface area contributed by atoms with Gasteiger partial charge < -0.3 is 5.32 Å². The van der Waals surface area contributed by atoms with Crippen LogP contribution in [0.4, 0.5) is 4.39 Å². The summed E-state index contributed by atoms with van der Waals surface area (Å²) < 4.78 is 13.0. The Bertz CT molecular complexity index is 348. The van der Waals surface area contributed by atoms with Crippen LogP contribution in [0.3, 0.4) is 0 Å². The maximum atomic E-state index is 13.0. The molecule has 0 amide bonds. The molecule has 0 aliphatic carbocycles. The van der Waals surface area contributed by atoms with Gasteiger partial charge in [0.15, 0.2) is 0 Å². The highest BCUT2D eigenvalue weighted by atomic mass is 19.1. The fourth-order valence-corrected chi connectivity index (χ4v) is 2.53. The molecule has 1 heterocycles. The summed E-state index contributed by atoms with van der Waals surface area (Å²) in [6.07, 6.45) is 1.16. The maximum Gasteiger partial charge on any atom is 0.123 e. The van der Waals surface area contributed by atoms with E-state index >= 15 is 0 Å². The van der Waals surface area contributed by atoms with E-state index in [1.807, 2.05) is 13.0 Å². The topological polar surface area (TPSA) is 12.0 Å². The van der Waals surface area contributed by atoms with Gasteiger partial charge >= 0.3 is 0 Å². The van der Waals surface area contributed by atoms with Gasteiger partial charge in [0.2, 0.25) is 0 Å². The van der Waals surface area contributed by atoms with E-state index in [0.29, 0.717) is 11.8 Å².